The fraction of sp³-hybridized carbons (Fsp3) is 0.174. The third-order valence-corrected chi connectivity index (χ3v) is 5.43. The Balaban J connectivity index is 1.72. The van der Waals surface area contributed by atoms with E-state index in [1.54, 1.807) is 18.2 Å². The second-order valence-corrected chi connectivity index (χ2v) is 8.45. The standard InChI is InChI=1S/C23H23ClN10O6/c24-16-6-9-19(33-13-27-31-32-33)15(12-16)5-10-20(35)29-18(2-1-11-26-23(25)30-34(39)40)21(36)28-17-7-3-14(4-8-17)22(37)38/h3-10,12-13,18H,1-2,11H2,(H,28,36)(H,29,35)(H,37,38)(H3,25,26,30)/t18-/m0/s1. The van der Waals surface area contributed by atoms with Gasteiger partial charge in [-0.25, -0.2) is 14.9 Å². The number of nitro groups is 1. The molecule has 1 atom stereocenters. The number of carboxylic acids is 1. The summed E-state index contributed by atoms with van der Waals surface area (Å²) in [6.07, 6.45) is 4.45. The van der Waals surface area contributed by atoms with E-state index in [1.165, 1.54) is 47.4 Å². The summed E-state index contributed by atoms with van der Waals surface area (Å²) in [4.78, 5) is 47.3. The van der Waals surface area contributed by atoms with Gasteiger partial charge in [-0.05, 0) is 71.8 Å². The van der Waals surface area contributed by atoms with Crippen LogP contribution < -0.4 is 21.7 Å². The molecule has 0 spiro atoms. The Labute approximate surface area is 231 Å². The number of halogens is 1. The van der Waals surface area contributed by atoms with Gasteiger partial charge in [0.05, 0.1) is 11.3 Å². The summed E-state index contributed by atoms with van der Waals surface area (Å²) in [6, 6.07) is 9.35. The van der Waals surface area contributed by atoms with Gasteiger partial charge in [0.15, 0.2) is 5.03 Å². The number of hydrogen-bond acceptors (Lipinski definition) is 8. The molecule has 0 saturated heterocycles. The van der Waals surface area contributed by atoms with Gasteiger partial charge in [-0.15, -0.1) is 5.10 Å². The van der Waals surface area contributed by atoms with E-state index in [0.717, 1.165) is 0 Å². The molecule has 2 aromatic carbocycles. The summed E-state index contributed by atoms with van der Waals surface area (Å²) >= 11 is 6.10. The minimum atomic E-state index is -1.12. The molecule has 0 aliphatic rings. The van der Waals surface area contributed by atoms with Crippen LogP contribution in [0.4, 0.5) is 5.69 Å². The Hall–Kier alpha value is -5.38. The molecule has 0 bridgehead atoms. The van der Waals surface area contributed by atoms with Gasteiger partial charge in [-0.3, -0.25) is 9.59 Å². The average Bonchev–Trinajstić information content (AvgIpc) is 3.44. The van der Waals surface area contributed by atoms with E-state index in [9.17, 15) is 24.5 Å². The number of aromatic carboxylic acids is 1. The molecule has 6 N–H and O–H groups in total. The zero-order chi connectivity index (χ0) is 29.1. The Morgan fingerprint density at radius 2 is 1.98 bits per heavy atom. The molecule has 0 aliphatic carbocycles. The molecule has 2 amide bonds. The molecule has 0 fully saturated rings. The highest BCUT2D eigenvalue weighted by molar-refractivity contribution is 6.30. The number of nitrogens with zero attached hydrogens (tertiary/aromatic N) is 6. The van der Waals surface area contributed by atoms with Crippen LogP contribution in [0.25, 0.3) is 11.8 Å². The van der Waals surface area contributed by atoms with Gasteiger partial charge in [0.25, 0.3) is 5.96 Å². The average molecular weight is 571 g/mol. The molecule has 1 aromatic heterocycles. The molecular formula is C23H23ClN10O6. The lowest BCUT2D eigenvalue weighted by Crippen LogP contribution is -2.44. The van der Waals surface area contributed by atoms with Crippen LogP contribution in [0.5, 0.6) is 0 Å². The van der Waals surface area contributed by atoms with Gasteiger partial charge in [0, 0.05) is 28.9 Å². The number of carboxylic acid groups (broad SMARTS) is 1. The summed E-state index contributed by atoms with van der Waals surface area (Å²) in [5.74, 6) is -2.71. The molecule has 17 heteroatoms. The number of guanidine groups is 1. The van der Waals surface area contributed by atoms with Gasteiger partial charge in [-0.1, -0.05) is 11.6 Å². The maximum atomic E-state index is 13.0. The van der Waals surface area contributed by atoms with Crippen LogP contribution in [0.3, 0.4) is 0 Å². The summed E-state index contributed by atoms with van der Waals surface area (Å²) in [5, 5.41) is 40.6. The first-order chi connectivity index (χ1) is 19.1. The summed E-state index contributed by atoms with van der Waals surface area (Å²) in [5.41, 5.74) is 6.83. The van der Waals surface area contributed by atoms with Gasteiger partial charge in [0.1, 0.15) is 17.5 Å². The lowest BCUT2D eigenvalue weighted by atomic mass is 10.1. The quantitative estimate of drug-likeness (QED) is 0.0515. The number of nitrogens with one attached hydrogen (secondary N) is 3. The maximum Gasteiger partial charge on any atom is 0.335 e. The fourth-order valence-electron chi connectivity index (χ4n) is 3.36. The molecule has 1 heterocycles. The number of hydrogen-bond donors (Lipinski definition) is 5. The van der Waals surface area contributed by atoms with E-state index in [2.05, 4.69) is 36.6 Å². The van der Waals surface area contributed by atoms with Crippen LogP contribution in [0.1, 0.15) is 28.8 Å². The van der Waals surface area contributed by atoms with Crippen molar-refractivity contribution in [1.82, 2.24) is 30.8 Å². The highest BCUT2D eigenvalue weighted by atomic mass is 35.5. The van der Waals surface area contributed by atoms with Crippen molar-refractivity contribution in [3.63, 3.8) is 0 Å². The molecular weight excluding hydrogens is 548 g/mol. The summed E-state index contributed by atoms with van der Waals surface area (Å²) in [7, 11) is 0. The highest BCUT2D eigenvalue weighted by Gasteiger charge is 2.20. The van der Waals surface area contributed by atoms with E-state index < -0.39 is 34.8 Å². The summed E-state index contributed by atoms with van der Waals surface area (Å²) < 4.78 is 1.39. The first-order valence-corrected chi connectivity index (χ1v) is 11.9. The molecule has 3 rings (SSSR count). The van der Waals surface area contributed by atoms with Crippen molar-refractivity contribution in [3.05, 3.63) is 81.1 Å². The van der Waals surface area contributed by atoms with Crippen LogP contribution >= 0.6 is 11.6 Å². The number of hydrazone groups is 1. The van der Waals surface area contributed by atoms with Crippen molar-refractivity contribution >= 4 is 47.1 Å². The van der Waals surface area contributed by atoms with E-state index in [4.69, 9.17) is 22.4 Å². The number of carbonyl (C=O) groups is 3. The van der Waals surface area contributed by atoms with E-state index in [1.807, 2.05) is 0 Å². The largest absolute Gasteiger partial charge is 0.478 e. The van der Waals surface area contributed by atoms with Crippen molar-refractivity contribution in [2.75, 3.05) is 11.9 Å². The maximum absolute atomic E-state index is 13.0. The van der Waals surface area contributed by atoms with Crippen molar-refractivity contribution in [1.29, 1.82) is 0 Å². The Morgan fingerprint density at radius 1 is 1.23 bits per heavy atom. The lowest BCUT2D eigenvalue weighted by molar-refractivity contribution is -0.485. The molecule has 208 valence electrons. The SMILES string of the molecule is NC(=N[N+](=O)[O-])NCCC[C@H](NC(=O)C=Cc1cc(Cl)ccc1-n1cnnn1)C(=O)Nc1ccc(C(=O)O)cc1. The normalized spacial score (nSPS) is 12.1. The van der Waals surface area contributed by atoms with Gasteiger partial charge >= 0.3 is 5.97 Å². The number of benzene rings is 2. The third-order valence-electron chi connectivity index (χ3n) is 5.20. The summed E-state index contributed by atoms with van der Waals surface area (Å²) in [6.45, 7) is 0.129. The zero-order valence-electron chi connectivity index (χ0n) is 20.6. The molecule has 0 aliphatic heterocycles. The number of anilines is 1. The molecule has 40 heavy (non-hydrogen) atoms. The van der Waals surface area contributed by atoms with Gasteiger partial charge in [0.2, 0.25) is 11.8 Å². The van der Waals surface area contributed by atoms with E-state index in [0.29, 0.717) is 22.0 Å². The number of amides is 2. The molecule has 0 unspecified atom stereocenters. The van der Waals surface area contributed by atoms with Crippen LogP contribution in [-0.4, -0.2) is 66.7 Å². The molecule has 3 aromatic rings. The zero-order valence-corrected chi connectivity index (χ0v) is 21.4. The first-order valence-electron chi connectivity index (χ1n) is 11.5. The minimum Gasteiger partial charge on any atom is -0.478 e. The number of tetrazole rings is 1. The smallest absolute Gasteiger partial charge is 0.335 e. The van der Waals surface area contributed by atoms with Crippen LogP contribution in [0, 0.1) is 10.1 Å². The highest BCUT2D eigenvalue weighted by Crippen LogP contribution is 2.20. The molecule has 0 radical (unpaired) electrons. The van der Waals surface area contributed by atoms with Crippen molar-refractivity contribution in [2.24, 2.45) is 10.8 Å². The number of nitrogens with two attached hydrogens (primary N) is 1. The second kappa shape index (κ2) is 14.0. The van der Waals surface area contributed by atoms with Crippen molar-refractivity contribution < 1.29 is 24.5 Å². The predicted molar refractivity (Wildman–Crippen MR) is 143 cm³/mol. The number of rotatable bonds is 12. The Morgan fingerprint density at radius 3 is 2.62 bits per heavy atom. The van der Waals surface area contributed by atoms with Crippen LogP contribution in [0.15, 0.2) is 60.0 Å². The van der Waals surface area contributed by atoms with Gasteiger partial charge < -0.3 is 26.8 Å². The topological polar surface area (TPSA) is 233 Å². The first kappa shape index (κ1) is 29.2. The van der Waals surface area contributed by atoms with E-state index >= 15 is 0 Å². The minimum absolute atomic E-state index is 0.0371. The molecule has 16 nitrogen and oxygen atoms in total. The number of carbonyl (C=O) groups excluding carboxylic acids is 2. The predicted octanol–water partition coefficient (Wildman–Crippen LogP) is 1.03. The second-order valence-electron chi connectivity index (χ2n) is 8.02. The van der Waals surface area contributed by atoms with E-state index in [-0.39, 0.29) is 24.9 Å². The Bertz CT molecular complexity index is 1430. The fourth-order valence-corrected chi connectivity index (χ4v) is 3.55. The van der Waals surface area contributed by atoms with Crippen LogP contribution in [0.2, 0.25) is 5.02 Å². The van der Waals surface area contributed by atoms with Gasteiger partial charge in [-0.2, -0.15) is 4.68 Å². The molecule has 0 saturated carbocycles. The Kier molecular flexibility index (Phi) is 10.2. The van der Waals surface area contributed by atoms with Crippen molar-refractivity contribution in [2.45, 2.75) is 18.9 Å². The third kappa shape index (κ3) is 8.88. The van der Waals surface area contributed by atoms with Crippen LogP contribution in [-0.2, 0) is 9.59 Å². The van der Waals surface area contributed by atoms with Crippen molar-refractivity contribution in [3.8, 4) is 5.69 Å². The lowest BCUT2D eigenvalue weighted by Gasteiger charge is -2.18. The number of aromatic nitrogens is 4. The monoisotopic (exact) mass is 570 g/mol.